The number of nitrogens with zero attached hydrogens (tertiary/aromatic N) is 3. The van der Waals surface area contributed by atoms with Crippen LogP contribution in [0, 0.1) is 11.3 Å². The minimum absolute atomic E-state index is 0.00757. The van der Waals surface area contributed by atoms with Gasteiger partial charge in [-0.25, -0.2) is 4.68 Å². The van der Waals surface area contributed by atoms with Gasteiger partial charge >= 0.3 is 0 Å². The van der Waals surface area contributed by atoms with Gasteiger partial charge in [-0.1, -0.05) is 67.6 Å². The highest BCUT2D eigenvalue weighted by molar-refractivity contribution is 6.02. The van der Waals surface area contributed by atoms with Gasteiger partial charge in [-0.2, -0.15) is 10.4 Å². The second-order valence-corrected chi connectivity index (χ2v) is 7.93. The number of carbonyl (C=O) groups is 1. The molecule has 1 N–H and O–H groups in total. The predicted molar refractivity (Wildman–Crippen MR) is 137 cm³/mol. The summed E-state index contributed by atoms with van der Waals surface area (Å²) in [4.78, 5) is 12.8. The molecular weight excluding hydrogens is 436 g/mol. The summed E-state index contributed by atoms with van der Waals surface area (Å²) in [6.45, 7) is 3.01. The third-order valence-corrected chi connectivity index (χ3v) is 5.30. The van der Waals surface area contributed by atoms with E-state index >= 15 is 0 Å². The summed E-state index contributed by atoms with van der Waals surface area (Å²) in [7, 11) is 0. The SMILES string of the molecule is CCCOc1cccc(-c2nn(-c3ccccc3)cc2/C=C(/C#N)C(=O)NCc2ccccc2)c1. The summed E-state index contributed by atoms with van der Waals surface area (Å²) in [5.41, 5.74) is 3.99. The summed E-state index contributed by atoms with van der Waals surface area (Å²) in [6, 6.07) is 29.0. The topological polar surface area (TPSA) is 79.9 Å². The minimum Gasteiger partial charge on any atom is -0.494 e. The van der Waals surface area contributed by atoms with Crippen molar-refractivity contribution in [3.05, 3.63) is 108 Å². The lowest BCUT2D eigenvalue weighted by Gasteiger charge is -2.07. The first-order valence-electron chi connectivity index (χ1n) is 11.5. The third kappa shape index (κ3) is 6.04. The molecule has 0 radical (unpaired) electrons. The zero-order valence-electron chi connectivity index (χ0n) is 19.5. The minimum atomic E-state index is -0.435. The van der Waals surface area contributed by atoms with Crippen molar-refractivity contribution < 1.29 is 9.53 Å². The van der Waals surface area contributed by atoms with Crippen molar-refractivity contribution in [1.29, 1.82) is 5.26 Å². The first kappa shape index (κ1) is 23.5. The molecule has 174 valence electrons. The van der Waals surface area contributed by atoms with Crippen molar-refractivity contribution in [3.8, 4) is 28.8 Å². The van der Waals surface area contributed by atoms with Crippen LogP contribution in [-0.2, 0) is 11.3 Å². The highest BCUT2D eigenvalue weighted by atomic mass is 16.5. The molecule has 0 atom stereocenters. The highest BCUT2D eigenvalue weighted by Crippen LogP contribution is 2.28. The van der Waals surface area contributed by atoms with Crippen LogP contribution in [0.15, 0.2) is 96.7 Å². The van der Waals surface area contributed by atoms with Gasteiger partial charge in [0.15, 0.2) is 0 Å². The van der Waals surface area contributed by atoms with E-state index in [1.807, 2.05) is 97.2 Å². The molecule has 0 fully saturated rings. The highest BCUT2D eigenvalue weighted by Gasteiger charge is 2.15. The van der Waals surface area contributed by atoms with Crippen molar-refractivity contribution in [2.24, 2.45) is 0 Å². The van der Waals surface area contributed by atoms with Crippen molar-refractivity contribution in [2.75, 3.05) is 6.61 Å². The number of ether oxygens (including phenoxy) is 1. The molecule has 4 rings (SSSR count). The van der Waals surface area contributed by atoms with Crippen LogP contribution >= 0.6 is 0 Å². The van der Waals surface area contributed by atoms with Crippen molar-refractivity contribution in [3.63, 3.8) is 0 Å². The Kier molecular flexibility index (Phi) is 7.72. The standard InChI is InChI=1S/C29H26N4O2/c1-2-16-35-27-15-9-12-23(18-27)28-25(21-33(32-28)26-13-7-4-8-14-26)17-24(19-30)29(34)31-20-22-10-5-3-6-11-22/h3-15,17-18,21H,2,16,20H2,1H3,(H,31,34)/b24-17-. The average molecular weight is 463 g/mol. The summed E-state index contributed by atoms with van der Waals surface area (Å²) < 4.78 is 7.54. The molecule has 1 aromatic heterocycles. The predicted octanol–water partition coefficient (Wildman–Crippen LogP) is 5.55. The number of para-hydroxylation sites is 1. The Bertz CT molecular complexity index is 1350. The molecule has 0 aliphatic heterocycles. The van der Waals surface area contributed by atoms with E-state index in [2.05, 4.69) is 12.2 Å². The zero-order chi connectivity index (χ0) is 24.5. The normalized spacial score (nSPS) is 11.0. The maximum absolute atomic E-state index is 12.8. The summed E-state index contributed by atoms with van der Waals surface area (Å²) in [5.74, 6) is 0.310. The van der Waals surface area contributed by atoms with Crippen molar-refractivity contribution in [1.82, 2.24) is 15.1 Å². The Hall–Kier alpha value is -4.63. The van der Waals surface area contributed by atoms with Gasteiger partial charge in [0, 0.05) is 23.9 Å². The third-order valence-electron chi connectivity index (χ3n) is 5.30. The molecule has 35 heavy (non-hydrogen) atoms. The van der Waals surface area contributed by atoms with Gasteiger partial charge in [-0.15, -0.1) is 0 Å². The van der Waals surface area contributed by atoms with Crippen LogP contribution in [0.25, 0.3) is 23.0 Å². The Morgan fingerprint density at radius 3 is 2.51 bits per heavy atom. The van der Waals surface area contributed by atoms with E-state index in [0.29, 0.717) is 24.4 Å². The number of rotatable bonds is 9. The zero-order valence-corrected chi connectivity index (χ0v) is 19.5. The van der Waals surface area contributed by atoms with Gasteiger partial charge in [0.1, 0.15) is 23.1 Å². The van der Waals surface area contributed by atoms with Gasteiger partial charge in [0.25, 0.3) is 5.91 Å². The lowest BCUT2D eigenvalue weighted by atomic mass is 10.1. The Morgan fingerprint density at radius 1 is 1.06 bits per heavy atom. The average Bonchev–Trinajstić information content (AvgIpc) is 3.34. The lowest BCUT2D eigenvalue weighted by Crippen LogP contribution is -2.23. The number of carbonyl (C=O) groups excluding carboxylic acids is 1. The molecule has 0 bridgehead atoms. The molecule has 6 nitrogen and oxygen atoms in total. The number of benzene rings is 3. The van der Waals surface area contributed by atoms with E-state index in [1.54, 1.807) is 10.8 Å². The Balaban J connectivity index is 1.69. The van der Waals surface area contributed by atoms with Crippen LogP contribution in [0.2, 0.25) is 0 Å². The number of amides is 1. The first-order chi connectivity index (χ1) is 17.2. The van der Waals surface area contributed by atoms with Crippen LogP contribution < -0.4 is 10.1 Å². The first-order valence-corrected chi connectivity index (χ1v) is 11.5. The van der Waals surface area contributed by atoms with Gasteiger partial charge in [-0.05, 0) is 42.3 Å². The van der Waals surface area contributed by atoms with Gasteiger partial charge in [0.05, 0.1) is 12.3 Å². The van der Waals surface area contributed by atoms with Crippen molar-refractivity contribution >= 4 is 12.0 Å². The molecular formula is C29H26N4O2. The summed E-state index contributed by atoms with van der Waals surface area (Å²) in [6.07, 6.45) is 4.32. The molecule has 0 unspecified atom stereocenters. The second-order valence-electron chi connectivity index (χ2n) is 7.93. The number of nitriles is 1. The number of hydrogen-bond donors (Lipinski definition) is 1. The van der Waals surface area contributed by atoms with E-state index in [0.717, 1.165) is 29.0 Å². The molecule has 0 saturated heterocycles. The van der Waals surface area contributed by atoms with E-state index in [1.165, 1.54) is 0 Å². The summed E-state index contributed by atoms with van der Waals surface area (Å²) >= 11 is 0. The molecule has 1 heterocycles. The molecule has 3 aromatic carbocycles. The van der Waals surface area contributed by atoms with Crippen LogP contribution in [0.5, 0.6) is 5.75 Å². The quantitative estimate of drug-likeness (QED) is 0.261. The van der Waals surface area contributed by atoms with Crippen LogP contribution in [0.4, 0.5) is 0 Å². The van der Waals surface area contributed by atoms with Gasteiger partial charge in [-0.3, -0.25) is 4.79 Å². The molecule has 4 aromatic rings. The molecule has 0 spiro atoms. The largest absolute Gasteiger partial charge is 0.494 e. The van der Waals surface area contributed by atoms with Gasteiger partial charge < -0.3 is 10.1 Å². The molecule has 0 aliphatic carbocycles. The Labute approximate surface area is 205 Å². The maximum atomic E-state index is 12.8. The van der Waals surface area contributed by atoms with Gasteiger partial charge in [0.2, 0.25) is 0 Å². The van der Waals surface area contributed by atoms with Crippen LogP contribution in [0.1, 0.15) is 24.5 Å². The van der Waals surface area contributed by atoms with E-state index in [-0.39, 0.29) is 5.57 Å². The van der Waals surface area contributed by atoms with E-state index < -0.39 is 5.91 Å². The Morgan fingerprint density at radius 2 is 1.80 bits per heavy atom. The molecule has 6 heteroatoms. The fourth-order valence-corrected chi connectivity index (χ4v) is 3.56. The molecule has 0 saturated carbocycles. The van der Waals surface area contributed by atoms with Crippen LogP contribution in [-0.4, -0.2) is 22.3 Å². The van der Waals surface area contributed by atoms with Crippen molar-refractivity contribution in [2.45, 2.75) is 19.9 Å². The molecule has 0 aliphatic rings. The number of hydrogen-bond acceptors (Lipinski definition) is 4. The molecule has 1 amide bonds. The maximum Gasteiger partial charge on any atom is 0.262 e. The van der Waals surface area contributed by atoms with Crippen LogP contribution in [0.3, 0.4) is 0 Å². The van der Waals surface area contributed by atoms with E-state index in [9.17, 15) is 10.1 Å². The smallest absolute Gasteiger partial charge is 0.262 e. The fourth-order valence-electron chi connectivity index (χ4n) is 3.56. The number of aromatic nitrogens is 2. The fraction of sp³-hybridized carbons (Fsp3) is 0.138. The second kappa shape index (κ2) is 11.5. The monoisotopic (exact) mass is 462 g/mol. The lowest BCUT2D eigenvalue weighted by molar-refractivity contribution is -0.117. The summed E-state index contributed by atoms with van der Waals surface area (Å²) in [5, 5.41) is 17.4. The van der Waals surface area contributed by atoms with E-state index in [4.69, 9.17) is 9.84 Å². The number of nitrogens with one attached hydrogen (secondary N) is 1.